The summed E-state index contributed by atoms with van der Waals surface area (Å²) >= 11 is 3.74. The third-order valence-electron chi connectivity index (χ3n) is 7.38. The van der Waals surface area contributed by atoms with Gasteiger partial charge in [-0.15, -0.1) is 0 Å². The summed E-state index contributed by atoms with van der Waals surface area (Å²) in [5.74, 6) is 2.86. The number of carbonyl (C=O) groups is 1. The van der Waals surface area contributed by atoms with Gasteiger partial charge in [0.05, 0.1) is 6.10 Å². The Kier molecular flexibility index (Phi) is 11.0. The van der Waals surface area contributed by atoms with Gasteiger partial charge >= 0.3 is 0 Å². The summed E-state index contributed by atoms with van der Waals surface area (Å²) in [6.45, 7) is 9.95. The zero-order valence-corrected chi connectivity index (χ0v) is 22.7. The number of nitrogens with zero attached hydrogens (tertiary/aromatic N) is 1. The molecule has 1 heterocycles. The molecule has 1 amide bonds. The van der Waals surface area contributed by atoms with E-state index < -0.39 is 0 Å². The topological polar surface area (TPSA) is 41.6 Å². The third kappa shape index (κ3) is 9.24. The van der Waals surface area contributed by atoms with Crippen molar-refractivity contribution >= 4 is 21.8 Å². The van der Waals surface area contributed by atoms with Crippen LogP contribution in [0.2, 0.25) is 0 Å². The van der Waals surface area contributed by atoms with Crippen molar-refractivity contribution in [2.75, 3.05) is 19.6 Å². The predicted octanol–water partition coefficient (Wildman–Crippen LogP) is 6.75. The summed E-state index contributed by atoms with van der Waals surface area (Å²) < 4.78 is 7.10. The number of rotatable bonds is 11. The second-order valence-corrected chi connectivity index (χ2v) is 11.4. The van der Waals surface area contributed by atoms with Gasteiger partial charge in [-0.05, 0) is 133 Å². The average Bonchev–Trinajstić information content (AvgIpc) is 2.78. The van der Waals surface area contributed by atoms with Crippen molar-refractivity contribution < 1.29 is 9.53 Å². The van der Waals surface area contributed by atoms with E-state index in [9.17, 15) is 4.79 Å². The van der Waals surface area contributed by atoms with Crippen molar-refractivity contribution in [3.05, 3.63) is 28.2 Å². The smallest absolute Gasteiger partial charge is 0.220 e. The molecule has 1 aliphatic heterocycles. The molecule has 1 saturated heterocycles. The van der Waals surface area contributed by atoms with Gasteiger partial charge in [-0.1, -0.05) is 22.9 Å². The Hall–Kier alpha value is -1.07. The van der Waals surface area contributed by atoms with Crippen molar-refractivity contribution in [2.24, 2.45) is 11.8 Å². The van der Waals surface area contributed by atoms with E-state index in [2.05, 4.69) is 65.1 Å². The Bertz CT molecular complexity index is 723. The second kappa shape index (κ2) is 13.7. The Morgan fingerprint density at radius 1 is 1.12 bits per heavy atom. The van der Waals surface area contributed by atoms with Crippen LogP contribution in [0.25, 0.3) is 0 Å². The van der Waals surface area contributed by atoms with Gasteiger partial charge in [0, 0.05) is 16.9 Å². The lowest BCUT2D eigenvalue weighted by Crippen LogP contribution is -2.37. The van der Waals surface area contributed by atoms with E-state index in [1.165, 1.54) is 81.0 Å². The summed E-state index contributed by atoms with van der Waals surface area (Å²) in [6, 6.07) is 6.84. The number of hydrogen-bond donors (Lipinski definition) is 1. The van der Waals surface area contributed by atoms with Crippen LogP contribution in [0.3, 0.4) is 0 Å². The van der Waals surface area contributed by atoms with E-state index >= 15 is 0 Å². The van der Waals surface area contributed by atoms with Crippen molar-refractivity contribution in [3.63, 3.8) is 0 Å². The molecular weight excluding hydrogens is 476 g/mol. The summed E-state index contributed by atoms with van der Waals surface area (Å²) in [4.78, 5) is 14.5. The molecule has 1 aliphatic carbocycles. The molecule has 1 aromatic carbocycles. The highest BCUT2D eigenvalue weighted by Gasteiger charge is 2.23. The molecule has 0 radical (unpaired) electrons. The summed E-state index contributed by atoms with van der Waals surface area (Å²) in [6.07, 6.45) is 13.1. The molecule has 0 unspecified atom stereocenters. The number of benzene rings is 1. The monoisotopic (exact) mass is 520 g/mol. The first kappa shape index (κ1) is 26.5. The molecule has 0 aromatic heterocycles. The van der Waals surface area contributed by atoms with Crippen LogP contribution in [0.5, 0.6) is 5.75 Å². The molecule has 1 saturated carbocycles. The zero-order valence-electron chi connectivity index (χ0n) is 21.1. The number of nitrogens with one attached hydrogen (secondary N) is 1. The van der Waals surface area contributed by atoms with Crippen LogP contribution in [0, 0.1) is 11.8 Å². The van der Waals surface area contributed by atoms with Crippen molar-refractivity contribution in [1.82, 2.24) is 10.2 Å². The van der Waals surface area contributed by atoms with E-state index in [4.69, 9.17) is 4.74 Å². The van der Waals surface area contributed by atoms with E-state index in [1.807, 2.05) is 0 Å². The lowest BCUT2D eigenvalue weighted by atomic mass is 9.83. The van der Waals surface area contributed by atoms with Gasteiger partial charge < -0.3 is 15.0 Å². The van der Waals surface area contributed by atoms with Crippen LogP contribution in [-0.2, 0) is 11.2 Å². The van der Waals surface area contributed by atoms with Gasteiger partial charge in [0.25, 0.3) is 0 Å². The first-order chi connectivity index (χ1) is 15.9. The Labute approximate surface area is 210 Å². The minimum Gasteiger partial charge on any atom is -0.491 e. The molecule has 1 aromatic rings. The van der Waals surface area contributed by atoms with E-state index in [1.54, 1.807) is 0 Å². The van der Waals surface area contributed by atoms with Gasteiger partial charge in [-0.3, -0.25) is 4.79 Å². The quantitative estimate of drug-likeness (QED) is 0.350. The van der Waals surface area contributed by atoms with Crippen molar-refractivity contribution in [2.45, 2.75) is 104 Å². The van der Waals surface area contributed by atoms with Gasteiger partial charge in [0.2, 0.25) is 5.91 Å². The normalized spacial score (nSPS) is 22.5. The summed E-state index contributed by atoms with van der Waals surface area (Å²) in [5.41, 5.74) is 1.38. The fraction of sp³-hybridized carbons (Fsp3) is 0.750. The van der Waals surface area contributed by atoms with Gasteiger partial charge in [0.15, 0.2) is 0 Å². The number of carbonyl (C=O) groups excluding carboxylic acids is 1. The first-order valence-corrected chi connectivity index (χ1v) is 14.2. The van der Waals surface area contributed by atoms with Gasteiger partial charge in [-0.2, -0.15) is 0 Å². The van der Waals surface area contributed by atoms with E-state index in [0.717, 1.165) is 30.4 Å². The van der Waals surface area contributed by atoms with E-state index in [-0.39, 0.29) is 12.0 Å². The Morgan fingerprint density at radius 2 is 1.85 bits per heavy atom. The molecule has 5 heteroatoms. The average molecular weight is 522 g/mol. The maximum Gasteiger partial charge on any atom is 0.220 e. The van der Waals surface area contributed by atoms with Crippen LogP contribution in [0.4, 0.5) is 0 Å². The molecule has 4 nitrogen and oxygen atoms in total. The SMILES string of the molecule is CCCC(=O)NC1CCC(CCCN2CCC(Cc3cc(OC(C)C)ccc3Br)CC2)CC1. The van der Waals surface area contributed by atoms with Crippen molar-refractivity contribution in [3.8, 4) is 5.75 Å². The lowest BCUT2D eigenvalue weighted by molar-refractivity contribution is -0.122. The molecule has 0 spiro atoms. The van der Waals surface area contributed by atoms with Crippen molar-refractivity contribution in [1.29, 1.82) is 0 Å². The zero-order chi connectivity index (χ0) is 23.6. The van der Waals surface area contributed by atoms with Crippen LogP contribution in [-0.4, -0.2) is 42.6 Å². The fourth-order valence-corrected chi connectivity index (χ4v) is 5.91. The van der Waals surface area contributed by atoms with Crippen LogP contribution in [0.15, 0.2) is 22.7 Å². The van der Waals surface area contributed by atoms with Crippen LogP contribution >= 0.6 is 15.9 Å². The molecule has 33 heavy (non-hydrogen) atoms. The lowest BCUT2D eigenvalue weighted by Gasteiger charge is -2.33. The first-order valence-electron chi connectivity index (χ1n) is 13.4. The van der Waals surface area contributed by atoms with Crippen LogP contribution in [0.1, 0.15) is 90.5 Å². The second-order valence-electron chi connectivity index (χ2n) is 10.6. The largest absolute Gasteiger partial charge is 0.491 e. The van der Waals surface area contributed by atoms with Crippen LogP contribution < -0.4 is 10.1 Å². The number of amides is 1. The summed E-state index contributed by atoms with van der Waals surface area (Å²) in [7, 11) is 0. The minimum atomic E-state index is 0.212. The maximum atomic E-state index is 11.8. The maximum absolute atomic E-state index is 11.8. The highest BCUT2D eigenvalue weighted by molar-refractivity contribution is 9.10. The fourth-order valence-electron chi connectivity index (χ4n) is 5.50. The molecule has 0 bridgehead atoms. The number of halogens is 1. The number of piperidine rings is 1. The molecular formula is C28H45BrN2O2. The third-order valence-corrected chi connectivity index (χ3v) is 8.15. The predicted molar refractivity (Wildman–Crippen MR) is 141 cm³/mol. The minimum absolute atomic E-state index is 0.212. The molecule has 2 aliphatic rings. The molecule has 186 valence electrons. The molecule has 2 fully saturated rings. The number of ether oxygens (including phenoxy) is 1. The highest BCUT2D eigenvalue weighted by Crippen LogP contribution is 2.30. The van der Waals surface area contributed by atoms with Gasteiger partial charge in [-0.25, -0.2) is 0 Å². The molecule has 0 atom stereocenters. The Balaban J connectivity index is 1.30. The standard InChI is InChI=1S/C28H45BrN2O2/c1-4-6-28(32)30-25-10-8-22(9-11-25)7-5-16-31-17-14-23(15-18-31)19-24-20-26(33-21(2)3)12-13-27(24)29/h12-13,20-23,25H,4-11,14-19H2,1-3H3,(H,30,32). The van der Waals surface area contributed by atoms with E-state index in [0.29, 0.717) is 12.5 Å². The Morgan fingerprint density at radius 3 is 2.52 bits per heavy atom. The highest BCUT2D eigenvalue weighted by atomic mass is 79.9. The summed E-state index contributed by atoms with van der Waals surface area (Å²) in [5, 5.41) is 3.23. The molecule has 3 rings (SSSR count). The number of hydrogen-bond acceptors (Lipinski definition) is 3. The number of likely N-dealkylation sites (tertiary alicyclic amines) is 1. The molecule has 1 N–H and O–H groups in total. The van der Waals surface area contributed by atoms with Gasteiger partial charge in [0.1, 0.15) is 5.75 Å².